The highest BCUT2D eigenvalue weighted by atomic mass is 14.2. The highest BCUT2D eigenvalue weighted by molar-refractivity contribution is 6.26. The van der Waals surface area contributed by atoms with Crippen molar-refractivity contribution in [2.24, 2.45) is 0 Å². The molecule has 10 aromatic rings. The average Bonchev–Trinajstić information content (AvgIpc) is 3.20. The van der Waals surface area contributed by atoms with E-state index in [2.05, 4.69) is 194 Å². The van der Waals surface area contributed by atoms with Crippen molar-refractivity contribution in [2.45, 2.75) is 0 Å². The van der Waals surface area contributed by atoms with Gasteiger partial charge in [-0.05, 0) is 111 Å². The van der Waals surface area contributed by atoms with Gasteiger partial charge in [0.1, 0.15) is 0 Å². The summed E-state index contributed by atoms with van der Waals surface area (Å²) >= 11 is 0. The Kier molecular flexibility index (Phi) is 6.60. The van der Waals surface area contributed by atoms with Crippen molar-refractivity contribution in [1.82, 2.24) is 0 Å². The smallest absolute Gasteiger partial charge is 0.00262 e. The van der Waals surface area contributed by atoms with E-state index in [0.29, 0.717) is 0 Å². The predicted octanol–water partition coefficient (Wildman–Crippen LogP) is 14.1. The Bertz CT molecular complexity index is 2850. The van der Waals surface area contributed by atoms with Crippen molar-refractivity contribution in [3.8, 4) is 44.5 Å². The molecule has 0 radical (unpaired) electrons. The normalized spacial score (nSPS) is 11.6. The molecule has 0 N–H and O–H groups in total. The lowest BCUT2D eigenvalue weighted by atomic mass is 9.85. The largest absolute Gasteiger partial charge is 0.0622 e. The van der Waals surface area contributed by atoms with E-state index in [4.69, 9.17) is 0 Å². The van der Waals surface area contributed by atoms with E-state index in [0.717, 1.165) is 0 Å². The first-order valence-electron chi connectivity index (χ1n) is 17.4. The first-order chi connectivity index (χ1) is 24.8. The van der Waals surface area contributed by atoms with E-state index in [1.165, 1.54) is 98.4 Å². The maximum atomic E-state index is 2.40. The van der Waals surface area contributed by atoms with Crippen LogP contribution in [0.15, 0.2) is 194 Å². The van der Waals surface area contributed by atoms with Gasteiger partial charge < -0.3 is 0 Å². The van der Waals surface area contributed by atoms with Crippen LogP contribution in [0, 0.1) is 0 Å². The zero-order valence-corrected chi connectivity index (χ0v) is 27.5. The number of hydrogen-bond acceptors (Lipinski definition) is 0. The van der Waals surface area contributed by atoms with Crippen LogP contribution >= 0.6 is 0 Å². The molecule has 0 bridgehead atoms. The zero-order valence-electron chi connectivity index (χ0n) is 27.5. The molecule has 50 heavy (non-hydrogen) atoms. The van der Waals surface area contributed by atoms with Crippen molar-refractivity contribution >= 4 is 53.9 Å². The molecule has 0 aliphatic heterocycles. The van der Waals surface area contributed by atoms with Gasteiger partial charge in [-0.2, -0.15) is 0 Å². The second-order valence-corrected chi connectivity index (χ2v) is 13.2. The second-order valence-electron chi connectivity index (χ2n) is 13.2. The standard InChI is InChI=1S/C50H32/c1-3-13-35(14-4-1)49-44-21-11-12-22-45(44)50(36-15-5-2-6-16-36)48-32-38(28-30-46(48)49)34-25-23-33(24-26-34)37-27-29-43-41-19-8-7-17-39(41)40-18-9-10-20-42(40)47(43)31-37/h1-32H. The first-order valence-corrected chi connectivity index (χ1v) is 17.4. The Balaban J connectivity index is 1.13. The lowest BCUT2D eigenvalue weighted by molar-refractivity contribution is 1.61. The van der Waals surface area contributed by atoms with Crippen LogP contribution in [0.1, 0.15) is 0 Å². The van der Waals surface area contributed by atoms with E-state index < -0.39 is 0 Å². The molecule has 0 aromatic heterocycles. The van der Waals surface area contributed by atoms with Gasteiger partial charge in [0, 0.05) is 0 Å². The maximum Gasteiger partial charge on any atom is -0.00262 e. The molecule has 0 amide bonds. The van der Waals surface area contributed by atoms with E-state index >= 15 is 0 Å². The van der Waals surface area contributed by atoms with Gasteiger partial charge >= 0.3 is 0 Å². The fourth-order valence-electron chi connectivity index (χ4n) is 8.13. The van der Waals surface area contributed by atoms with E-state index in [9.17, 15) is 0 Å². The van der Waals surface area contributed by atoms with Gasteiger partial charge in [-0.3, -0.25) is 0 Å². The van der Waals surface area contributed by atoms with Gasteiger partial charge in [-0.1, -0.05) is 182 Å². The monoisotopic (exact) mass is 632 g/mol. The van der Waals surface area contributed by atoms with Crippen molar-refractivity contribution in [1.29, 1.82) is 0 Å². The summed E-state index contributed by atoms with van der Waals surface area (Å²) in [6.07, 6.45) is 0. The van der Waals surface area contributed by atoms with Gasteiger partial charge in [0.25, 0.3) is 0 Å². The third kappa shape index (κ3) is 4.54. The Morgan fingerprint density at radius 3 is 0.940 bits per heavy atom. The molecule has 0 saturated heterocycles. The number of hydrogen-bond donors (Lipinski definition) is 0. The summed E-state index contributed by atoms with van der Waals surface area (Å²) in [5, 5.41) is 12.9. The zero-order chi connectivity index (χ0) is 33.0. The maximum absolute atomic E-state index is 2.40. The SMILES string of the molecule is c1ccc(-c2c3ccccc3c(-c3ccccc3)c3cc(-c4ccc(-c5ccc6c7ccccc7c7ccccc7c6c5)cc4)ccc23)cc1. The Labute approximate surface area is 291 Å². The van der Waals surface area contributed by atoms with Gasteiger partial charge in [-0.15, -0.1) is 0 Å². The molecule has 0 heteroatoms. The highest BCUT2D eigenvalue weighted by Crippen LogP contribution is 2.45. The van der Waals surface area contributed by atoms with Gasteiger partial charge in [0.2, 0.25) is 0 Å². The van der Waals surface area contributed by atoms with Crippen LogP contribution in [0.3, 0.4) is 0 Å². The second kappa shape index (κ2) is 11.6. The molecule has 0 aliphatic rings. The van der Waals surface area contributed by atoms with E-state index in [1.54, 1.807) is 0 Å². The fraction of sp³-hybridized carbons (Fsp3) is 0. The minimum Gasteiger partial charge on any atom is -0.0622 e. The quantitative estimate of drug-likeness (QED) is 0.134. The van der Waals surface area contributed by atoms with Crippen molar-refractivity contribution in [3.05, 3.63) is 194 Å². The molecule has 10 rings (SSSR count). The predicted molar refractivity (Wildman–Crippen MR) is 216 cm³/mol. The molecule has 0 heterocycles. The molecule has 0 aliphatic carbocycles. The molecule has 0 saturated carbocycles. The van der Waals surface area contributed by atoms with Crippen molar-refractivity contribution < 1.29 is 0 Å². The number of fused-ring (bicyclic) bond motifs is 8. The summed E-state index contributed by atoms with van der Waals surface area (Å²) < 4.78 is 0. The fourth-order valence-corrected chi connectivity index (χ4v) is 8.13. The summed E-state index contributed by atoms with van der Waals surface area (Å²) in [4.78, 5) is 0. The first kappa shape index (κ1) is 28.5. The molecule has 10 aromatic carbocycles. The topological polar surface area (TPSA) is 0 Å². The van der Waals surface area contributed by atoms with E-state index in [-0.39, 0.29) is 0 Å². The summed E-state index contributed by atoms with van der Waals surface area (Å²) in [5.41, 5.74) is 9.91. The van der Waals surface area contributed by atoms with Gasteiger partial charge in [0.15, 0.2) is 0 Å². The van der Waals surface area contributed by atoms with Crippen molar-refractivity contribution in [3.63, 3.8) is 0 Å². The molecule has 0 fully saturated rings. The summed E-state index contributed by atoms with van der Waals surface area (Å²) in [5.74, 6) is 0. The Morgan fingerprint density at radius 1 is 0.160 bits per heavy atom. The van der Waals surface area contributed by atoms with Crippen LogP contribution < -0.4 is 0 Å². The van der Waals surface area contributed by atoms with Crippen LogP contribution in [0.2, 0.25) is 0 Å². The minimum atomic E-state index is 1.21. The summed E-state index contributed by atoms with van der Waals surface area (Å²) in [7, 11) is 0. The van der Waals surface area contributed by atoms with Crippen LogP contribution in [0.25, 0.3) is 98.4 Å². The Hall–Kier alpha value is -6.50. The molecule has 0 unspecified atom stereocenters. The summed E-state index contributed by atoms with van der Waals surface area (Å²) in [6.45, 7) is 0. The molecule has 0 spiro atoms. The van der Waals surface area contributed by atoms with Crippen LogP contribution in [0.5, 0.6) is 0 Å². The lowest BCUT2D eigenvalue weighted by Crippen LogP contribution is -1.91. The Morgan fingerprint density at radius 2 is 0.460 bits per heavy atom. The average molecular weight is 633 g/mol. The number of benzene rings is 10. The third-order valence-electron chi connectivity index (χ3n) is 10.4. The lowest BCUT2D eigenvalue weighted by Gasteiger charge is -2.18. The van der Waals surface area contributed by atoms with Crippen LogP contribution in [-0.4, -0.2) is 0 Å². The number of rotatable bonds is 4. The molecule has 232 valence electrons. The van der Waals surface area contributed by atoms with Crippen LogP contribution in [0.4, 0.5) is 0 Å². The van der Waals surface area contributed by atoms with Crippen LogP contribution in [-0.2, 0) is 0 Å². The molecule has 0 atom stereocenters. The molecular formula is C50H32. The highest BCUT2D eigenvalue weighted by Gasteiger charge is 2.17. The molecule has 0 nitrogen and oxygen atoms in total. The van der Waals surface area contributed by atoms with Gasteiger partial charge in [0.05, 0.1) is 0 Å². The van der Waals surface area contributed by atoms with Gasteiger partial charge in [-0.25, -0.2) is 0 Å². The third-order valence-corrected chi connectivity index (χ3v) is 10.4. The summed E-state index contributed by atoms with van der Waals surface area (Å²) in [6, 6.07) is 71.2. The minimum absolute atomic E-state index is 1.21. The van der Waals surface area contributed by atoms with E-state index in [1.807, 2.05) is 0 Å². The van der Waals surface area contributed by atoms with Crippen molar-refractivity contribution in [2.75, 3.05) is 0 Å². The molecular weight excluding hydrogens is 601 g/mol.